The fourth-order valence-electron chi connectivity index (χ4n) is 1.22. The zero-order valence-electron chi connectivity index (χ0n) is 8.96. The Morgan fingerprint density at radius 3 is 2.47 bits per heavy atom. The van der Waals surface area contributed by atoms with E-state index in [1.54, 1.807) is 0 Å². The molecule has 1 aromatic carbocycles. The van der Waals surface area contributed by atoms with Crippen molar-refractivity contribution in [3.63, 3.8) is 0 Å². The van der Waals surface area contributed by atoms with Crippen LogP contribution < -0.4 is 4.74 Å². The molecule has 0 radical (unpaired) electrons. The molecule has 94 valence electrons. The molecule has 1 N–H and O–H groups in total. The standard InChI is InChI=1S/C10H9ClF2O4/c1-16-9-5(11)3-4(6(12)7(9)13)8(14)10(15)17-2/h3,8,14H,1-2H3. The Hall–Kier alpha value is -1.40. The van der Waals surface area contributed by atoms with Crippen molar-refractivity contribution >= 4 is 17.6 Å². The van der Waals surface area contributed by atoms with Crippen molar-refractivity contribution in [2.75, 3.05) is 14.2 Å². The second-order valence-corrected chi connectivity index (χ2v) is 3.44. The summed E-state index contributed by atoms with van der Waals surface area (Å²) in [6.07, 6.45) is -1.95. The molecule has 0 fully saturated rings. The van der Waals surface area contributed by atoms with Crippen LogP contribution in [0.3, 0.4) is 0 Å². The monoisotopic (exact) mass is 266 g/mol. The van der Waals surface area contributed by atoms with Gasteiger partial charge in [-0.1, -0.05) is 11.6 Å². The molecule has 1 unspecified atom stereocenters. The lowest BCUT2D eigenvalue weighted by molar-refractivity contribution is -0.150. The Morgan fingerprint density at radius 1 is 1.41 bits per heavy atom. The van der Waals surface area contributed by atoms with Crippen LogP contribution in [0, 0.1) is 11.6 Å². The van der Waals surface area contributed by atoms with Crippen molar-refractivity contribution in [1.82, 2.24) is 0 Å². The summed E-state index contributed by atoms with van der Waals surface area (Å²) < 4.78 is 35.6. The molecular weight excluding hydrogens is 258 g/mol. The Bertz CT molecular complexity index is 450. The first-order valence-electron chi connectivity index (χ1n) is 4.41. The first kappa shape index (κ1) is 13.7. The Morgan fingerprint density at radius 2 is 2.00 bits per heavy atom. The number of rotatable bonds is 3. The van der Waals surface area contributed by atoms with Gasteiger partial charge in [-0.05, 0) is 6.07 Å². The molecule has 7 heteroatoms. The SMILES string of the molecule is COC(=O)C(O)c1cc(Cl)c(OC)c(F)c1F. The molecule has 0 saturated carbocycles. The molecule has 0 aliphatic carbocycles. The number of hydrogen-bond acceptors (Lipinski definition) is 4. The van der Waals surface area contributed by atoms with Crippen LogP contribution in [0.5, 0.6) is 5.75 Å². The molecule has 0 bridgehead atoms. The van der Waals surface area contributed by atoms with Crippen LogP contribution in [0.15, 0.2) is 6.07 Å². The largest absolute Gasteiger partial charge is 0.492 e. The summed E-state index contributed by atoms with van der Waals surface area (Å²) in [5.74, 6) is -4.41. The minimum Gasteiger partial charge on any atom is -0.492 e. The van der Waals surface area contributed by atoms with E-state index in [-0.39, 0.29) is 5.02 Å². The molecule has 0 amide bonds. The molecule has 0 aliphatic rings. The van der Waals surface area contributed by atoms with E-state index in [2.05, 4.69) is 9.47 Å². The van der Waals surface area contributed by atoms with Gasteiger partial charge in [0.1, 0.15) is 0 Å². The van der Waals surface area contributed by atoms with E-state index in [0.717, 1.165) is 20.3 Å². The van der Waals surface area contributed by atoms with Crippen LogP contribution in [0.25, 0.3) is 0 Å². The van der Waals surface area contributed by atoms with E-state index in [1.165, 1.54) is 0 Å². The fourth-order valence-corrected chi connectivity index (χ4v) is 1.50. The van der Waals surface area contributed by atoms with E-state index in [9.17, 15) is 18.7 Å². The number of halogens is 3. The maximum atomic E-state index is 13.5. The molecule has 4 nitrogen and oxygen atoms in total. The van der Waals surface area contributed by atoms with Crippen LogP contribution in [0.1, 0.15) is 11.7 Å². The number of carbonyl (C=O) groups excluding carboxylic acids is 1. The summed E-state index contributed by atoms with van der Waals surface area (Å²) in [6.45, 7) is 0. The second-order valence-electron chi connectivity index (χ2n) is 3.03. The van der Waals surface area contributed by atoms with E-state index in [0.29, 0.717) is 0 Å². The van der Waals surface area contributed by atoms with E-state index in [4.69, 9.17) is 11.6 Å². The summed E-state index contributed by atoms with van der Waals surface area (Å²) >= 11 is 5.60. The summed E-state index contributed by atoms with van der Waals surface area (Å²) in [6, 6.07) is 0.903. The van der Waals surface area contributed by atoms with Crippen molar-refractivity contribution in [2.24, 2.45) is 0 Å². The number of carbonyl (C=O) groups is 1. The number of aliphatic hydroxyl groups excluding tert-OH is 1. The molecule has 1 rings (SSSR count). The number of hydrogen-bond donors (Lipinski definition) is 1. The van der Waals surface area contributed by atoms with Gasteiger partial charge in [0.25, 0.3) is 0 Å². The number of esters is 1. The predicted octanol–water partition coefficient (Wildman–Crippen LogP) is 1.83. The number of aliphatic hydroxyl groups is 1. The van der Waals surface area contributed by atoms with Gasteiger partial charge in [0, 0.05) is 5.56 Å². The fraction of sp³-hybridized carbons (Fsp3) is 0.300. The van der Waals surface area contributed by atoms with Gasteiger partial charge in [-0.25, -0.2) is 9.18 Å². The molecule has 1 aromatic rings. The van der Waals surface area contributed by atoms with Crippen molar-refractivity contribution < 1.29 is 28.2 Å². The lowest BCUT2D eigenvalue weighted by Gasteiger charge is -2.13. The van der Waals surface area contributed by atoms with Crippen LogP contribution in [0.4, 0.5) is 8.78 Å². The van der Waals surface area contributed by atoms with E-state index >= 15 is 0 Å². The maximum Gasteiger partial charge on any atom is 0.339 e. The molecule has 17 heavy (non-hydrogen) atoms. The minimum absolute atomic E-state index is 0.260. The maximum absolute atomic E-state index is 13.5. The molecule has 0 aromatic heterocycles. The van der Waals surface area contributed by atoms with Gasteiger partial charge in [-0.2, -0.15) is 4.39 Å². The lowest BCUT2D eigenvalue weighted by Crippen LogP contribution is -2.16. The highest BCUT2D eigenvalue weighted by Gasteiger charge is 2.27. The third kappa shape index (κ3) is 2.48. The number of ether oxygens (including phenoxy) is 2. The van der Waals surface area contributed by atoms with Gasteiger partial charge in [-0.3, -0.25) is 0 Å². The molecular formula is C10H9ClF2O4. The van der Waals surface area contributed by atoms with Gasteiger partial charge in [0.2, 0.25) is 5.82 Å². The molecule has 0 heterocycles. The smallest absolute Gasteiger partial charge is 0.339 e. The summed E-state index contributed by atoms with van der Waals surface area (Å²) in [5.41, 5.74) is -0.611. The lowest BCUT2D eigenvalue weighted by atomic mass is 10.1. The third-order valence-electron chi connectivity index (χ3n) is 2.07. The highest BCUT2D eigenvalue weighted by Crippen LogP contribution is 2.34. The normalized spacial score (nSPS) is 12.1. The van der Waals surface area contributed by atoms with Crippen molar-refractivity contribution in [1.29, 1.82) is 0 Å². The van der Waals surface area contributed by atoms with Crippen molar-refractivity contribution in [3.8, 4) is 5.75 Å². The first-order valence-corrected chi connectivity index (χ1v) is 4.79. The topological polar surface area (TPSA) is 55.8 Å². The third-order valence-corrected chi connectivity index (χ3v) is 2.35. The zero-order chi connectivity index (χ0) is 13.2. The average molecular weight is 267 g/mol. The van der Waals surface area contributed by atoms with Crippen LogP contribution >= 0.6 is 11.6 Å². The van der Waals surface area contributed by atoms with Gasteiger partial charge < -0.3 is 14.6 Å². The predicted molar refractivity (Wildman–Crippen MR) is 54.9 cm³/mol. The van der Waals surface area contributed by atoms with Gasteiger partial charge in [0.15, 0.2) is 17.7 Å². The highest BCUT2D eigenvalue weighted by atomic mass is 35.5. The number of benzene rings is 1. The number of methoxy groups -OCH3 is 2. The van der Waals surface area contributed by atoms with Gasteiger partial charge in [-0.15, -0.1) is 0 Å². The zero-order valence-corrected chi connectivity index (χ0v) is 9.72. The van der Waals surface area contributed by atoms with E-state index in [1.807, 2.05) is 0 Å². The molecule has 0 aliphatic heterocycles. The van der Waals surface area contributed by atoms with Crippen LogP contribution in [-0.2, 0) is 9.53 Å². The van der Waals surface area contributed by atoms with Crippen LogP contribution in [0.2, 0.25) is 5.02 Å². The molecule has 1 atom stereocenters. The van der Waals surface area contributed by atoms with Crippen molar-refractivity contribution in [3.05, 3.63) is 28.3 Å². The van der Waals surface area contributed by atoms with Gasteiger partial charge >= 0.3 is 5.97 Å². The molecule has 0 spiro atoms. The quantitative estimate of drug-likeness (QED) is 0.670. The first-order chi connectivity index (χ1) is 7.93. The minimum atomic E-state index is -1.95. The Balaban J connectivity index is 3.32. The Kier molecular flexibility index (Phi) is 4.25. The van der Waals surface area contributed by atoms with Gasteiger partial charge in [0.05, 0.1) is 19.2 Å². The summed E-state index contributed by atoms with van der Waals surface area (Å²) in [4.78, 5) is 11.0. The second kappa shape index (κ2) is 5.29. The molecule has 0 saturated heterocycles. The van der Waals surface area contributed by atoms with Crippen LogP contribution in [-0.4, -0.2) is 25.3 Å². The summed E-state index contributed by atoms with van der Waals surface area (Å²) in [5, 5.41) is 9.14. The highest BCUT2D eigenvalue weighted by molar-refractivity contribution is 6.32. The van der Waals surface area contributed by atoms with E-state index < -0.39 is 35.0 Å². The van der Waals surface area contributed by atoms with Crippen molar-refractivity contribution in [2.45, 2.75) is 6.10 Å². The summed E-state index contributed by atoms with van der Waals surface area (Å²) in [7, 11) is 2.12. The Labute approximate surface area is 101 Å². The average Bonchev–Trinajstić information content (AvgIpc) is 2.32.